The molecule has 0 saturated carbocycles. The highest BCUT2D eigenvalue weighted by atomic mass is 19.1. The van der Waals surface area contributed by atoms with Crippen LogP contribution in [0.25, 0.3) is 0 Å². The minimum Gasteiger partial charge on any atom is -0.382 e. The Morgan fingerprint density at radius 1 is 1.47 bits per heavy atom. The lowest BCUT2D eigenvalue weighted by molar-refractivity contribution is 0.484. The van der Waals surface area contributed by atoms with Crippen LogP contribution in [0.2, 0.25) is 0 Å². The third-order valence-electron chi connectivity index (χ3n) is 3.09. The lowest BCUT2D eigenvalue weighted by Crippen LogP contribution is -2.24. The quantitative estimate of drug-likeness (QED) is 0.782. The molecule has 1 nitrogen and oxygen atoms in total. The summed E-state index contributed by atoms with van der Waals surface area (Å²) in [6, 6.07) is 3.71. The number of hydrogen-bond donors (Lipinski definition) is 1. The third-order valence-corrected chi connectivity index (χ3v) is 3.09. The fraction of sp³-hybridized carbons (Fsp3) is 0.538. The molecule has 0 bridgehead atoms. The maximum atomic E-state index is 13.6. The van der Waals surface area contributed by atoms with E-state index >= 15 is 0 Å². The molecule has 1 aliphatic heterocycles. The van der Waals surface area contributed by atoms with Gasteiger partial charge in [-0.15, -0.1) is 0 Å². The Morgan fingerprint density at radius 3 is 3.00 bits per heavy atom. The van der Waals surface area contributed by atoms with Crippen molar-refractivity contribution in [2.45, 2.75) is 33.1 Å². The average molecular weight is 207 g/mol. The summed E-state index contributed by atoms with van der Waals surface area (Å²) in [5.41, 5.74) is 2.90. The van der Waals surface area contributed by atoms with Gasteiger partial charge >= 0.3 is 0 Å². The topological polar surface area (TPSA) is 12.0 Å². The largest absolute Gasteiger partial charge is 0.382 e. The van der Waals surface area contributed by atoms with Crippen molar-refractivity contribution < 1.29 is 4.39 Å². The van der Waals surface area contributed by atoms with Crippen LogP contribution < -0.4 is 5.32 Å². The summed E-state index contributed by atoms with van der Waals surface area (Å²) >= 11 is 0. The van der Waals surface area contributed by atoms with E-state index in [1.165, 1.54) is 12.8 Å². The van der Waals surface area contributed by atoms with Crippen LogP contribution in [0.5, 0.6) is 0 Å². The first-order valence-electron chi connectivity index (χ1n) is 5.73. The molecular formula is C13H18FN. The van der Waals surface area contributed by atoms with Gasteiger partial charge in [-0.25, -0.2) is 4.39 Å². The summed E-state index contributed by atoms with van der Waals surface area (Å²) in [5, 5.41) is 3.22. The fourth-order valence-electron chi connectivity index (χ4n) is 2.41. The predicted molar refractivity (Wildman–Crippen MR) is 61.7 cm³/mol. The van der Waals surface area contributed by atoms with Gasteiger partial charge in [-0.05, 0) is 42.9 Å². The predicted octanol–water partition coefficient (Wildman–Crippen LogP) is 3.52. The molecule has 0 amide bonds. The van der Waals surface area contributed by atoms with Gasteiger partial charge in [0.2, 0.25) is 0 Å². The van der Waals surface area contributed by atoms with Crippen LogP contribution in [0.3, 0.4) is 0 Å². The zero-order chi connectivity index (χ0) is 10.8. The highest BCUT2D eigenvalue weighted by molar-refractivity contribution is 5.55. The van der Waals surface area contributed by atoms with Gasteiger partial charge in [0.25, 0.3) is 0 Å². The van der Waals surface area contributed by atoms with Crippen molar-refractivity contribution in [3.63, 3.8) is 0 Å². The van der Waals surface area contributed by atoms with Gasteiger partial charge in [-0.1, -0.05) is 19.4 Å². The zero-order valence-electron chi connectivity index (χ0n) is 9.44. The van der Waals surface area contributed by atoms with Crippen molar-refractivity contribution in [2.24, 2.45) is 5.92 Å². The molecule has 0 saturated heterocycles. The molecule has 0 spiro atoms. The first-order chi connectivity index (χ1) is 7.20. The van der Waals surface area contributed by atoms with E-state index in [2.05, 4.69) is 18.3 Å². The number of halogens is 1. The summed E-state index contributed by atoms with van der Waals surface area (Å²) < 4.78 is 13.6. The summed E-state index contributed by atoms with van der Waals surface area (Å²) in [6.45, 7) is 5.07. The van der Waals surface area contributed by atoms with E-state index < -0.39 is 0 Å². The van der Waals surface area contributed by atoms with Crippen LogP contribution in [-0.2, 0) is 6.42 Å². The Labute approximate surface area is 90.7 Å². The van der Waals surface area contributed by atoms with Crippen LogP contribution in [0.15, 0.2) is 12.1 Å². The van der Waals surface area contributed by atoms with E-state index in [0.29, 0.717) is 5.92 Å². The average Bonchev–Trinajstić information content (AvgIpc) is 2.17. The van der Waals surface area contributed by atoms with Gasteiger partial charge in [-0.3, -0.25) is 0 Å². The molecular weight excluding hydrogens is 189 g/mol. The second-order valence-corrected chi connectivity index (χ2v) is 4.52. The molecule has 1 aromatic carbocycles. The molecule has 1 heterocycles. The standard InChI is InChI=1S/C13H18FN/c1-3-4-10-7-11-5-9(2)6-12(14)13(11)15-8-10/h5-6,10,15H,3-4,7-8H2,1-2H3. The molecule has 2 rings (SSSR count). The number of benzene rings is 1. The summed E-state index contributed by atoms with van der Waals surface area (Å²) in [4.78, 5) is 0. The lowest BCUT2D eigenvalue weighted by Gasteiger charge is -2.26. The second-order valence-electron chi connectivity index (χ2n) is 4.52. The Hall–Kier alpha value is -1.05. The summed E-state index contributed by atoms with van der Waals surface area (Å²) in [6.07, 6.45) is 3.45. The number of rotatable bonds is 2. The van der Waals surface area contributed by atoms with E-state index in [1.807, 2.05) is 6.92 Å². The Bertz CT molecular complexity index is 360. The molecule has 0 radical (unpaired) electrons. The number of hydrogen-bond acceptors (Lipinski definition) is 1. The molecule has 1 unspecified atom stereocenters. The highest BCUT2D eigenvalue weighted by Crippen LogP contribution is 2.30. The van der Waals surface area contributed by atoms with Gasteiger partial charge in [0, 0.05) is 6.54 Å². The van der Waals surface area contributed by atoms with Gasteiger partial charge < -0.3 is 5.32 Å². The minimum atomic E-state index is -0.0973. The van der Waals surface area contributed by atoms with Crippen LogP contribution >= 0.6 is 0 Å². The molecule has 82 valence electrons. The van der Waals surface area contributed by atoms with E-state index in [-0.39, 0.29) is 5.82 Å². The minimum absolute atomic E-state index is 0.0973. The van der Waals surface area contributed by atoms with Crippen molar-refractivity contribution in [1.29, 1.82) is 0 Å². The third kappa shape index (κ3) is 2.14. The monoisotopic (exact) mass is 207 g/mol. The van der Waals surface area contributed by atoms with Crippen molar-refractivity contribution >= 4 is 5.69 Å². The molecule has 1 aliphatic rings. The normalized spacial score (nSPS) is 19.5. The first kappa shape index (κ1) is 10.5. The molecule has 1 aromatic rings. The van der Waals surface area contributed by atoms with Gasteiger partial charge in [0.1, 0.15) is 5.82 Å². The van der Waals surface area contributed by atoms with Gasteiger partial charge in [0.05, 0.1) is 5.69 Å². The summed E-state index contributed by atoms with van der Waals surface area (Å²) in [5.74, 6) is 0.573. The highest BCUT2D eigenvalue weighted by Gasteiger charge is 2.20. The maximum absolute atomic E-state index is 13.6. The SMILES string of the molecule is CCCC1CNc2c(F)cc(C)cc2C1. The van der Waals surface area contributed by atoms with Crippen molar-refractivity contribution in [3.05, 3.63) is 29.1 Å². The van der Waals surface area contributed by atoms with Crippen LogP contribution in [-0.4, -0.2) is 6.54 Å². The van der Waals surface area contributed by atoms with E-state index in [9.17, 15) is 4.39 Å². The molecule has 0 aromatic heterocycles. The summed E-state index contributed by atoms with van der Waals surface area (Å²) in [7, 11) is 0. The van der Waals surface area contributed by atoms with E-state index in [0.717, 1.165) is 29.8 Å². The molecule has 0 aliphatic carbocycles. The van der Waals surface area contributed by atoms with E-state index in [1.54, 1.807) is 6.07 Å². The van der Waals surface area contributed by atoms with Gasteiger partial charge in [0.15, 0.2) is 0 Å². The number of aryl methyl sites for hydroxylation is 1. The molecule has 15 heavy (non-hydrogen) atoms. The van der Waals surface area contributed by atoms with Crippen molar-refractivity contribution in [2.75, 3.05) is 11.9 Å². The number of fused-ring (bicyclic) bond motifs is 1. The Kier molecular flexibility index (Phi) is 2.94. The second kappa shape index (κ2) is 4.21. The Morgan fingerprint density at radius 2 is 2.27 bits per heavy atom. The first-order valence-corrected chi connectivity index (χ1v) is 5.73. The smallest absolute Gasteiger partial charge is 0.146 e. The van der Waals surface area contributed by atoms with Crippen LogP contribution in [0, 0.1) is 18.7 Å². The molecule has 1 atom stereocenters. The van der Waals surface area contributed by atoms with Crippen molar-refractivity contribution in [3.8, 4) is 0 Å². The maximum Gasteiger partial charge on any atom is 0.146 e. The number of anilines is 1. The molecule has 0 fully saturated rings. The van der Waals surface area contributed by atoms with Gasteiger partial charge in [-0.2, -0.15) is 0 Å². The fourth-order valence-corrected chi connectivity index (χ4v) is 2.41. The van der Waals surface area contributed by atoms with E-state index in [4.69, 9.17) is 0 Å². The lowest BCUT2D eigenvalue weighted by atomic mass is 9.90. The van der Waals surface area contributed by atoms with Crippen LogP contribution in [0.1, 0.15) is 30.9 Å². The Balaban J connectivity index is 2.25. The number of nitrogens with one attached hydrogen (secondary N) is 1. The molecule has 1 N–H and O–H groups in total. The zero-order valence-corrected chi connectivity index (χ0v) is 9.44. The van der Waals surface area contributed by atoms with Crippen molar-refractivity contribution in [1.82, 2.24) is 0 Å². The van der Waals surface area contributed by atoms with Crippen LogP contribution in [0.4, 0.5) is 10.1 Å². The molecule has 2 heteroatoms.